The van der Waals surface area contributed by atoms with E-state index in [1.54, 1.807) is 6.92 Å². The lowest BCUT2D eigenvalue weighted by Gasteiger charge is -2.09. The van der Waals surface area contributed by atoms with Crippen molar-refractivity contribution in [3.8, 4) is 0 Å². The lowest BCUT2D eigenvalue weighted by atomic mass is 10.2. The van der Waals surface area contributed by atoms with Crippen molar-refractivity contribution in [1.29, 1.82) is 0 Å². The van der Waals surface area contributed by atoms with E-state index in [-0.39, 0.29) is 18.1 Å². The number of hydrogen-bond donors (Lipinski definition) is 3. The topological polar surface area (TPSA) is 61.4 Å². The first-order valence-electron chi connectivity index (χ1n) is 5.70. The zero-order valence-electron chi connectivity index (χ0n) is 10.0. The van der Waals surface area contributed by atoms with Crippen LogP contribution in [0.15, 0.2) is 0 Å². The number of aliphatic hydroxyl groups excluding tert-OH is 1. The normalized spacial score (nSPS) is 12.9. The van der Waals surface area contributed by atoms with Gasteiger partial charge in [-0.2, -0.15) is 0 Å². The Morgan fingerprint density at radius 3 is 2.47 bits per heavy atom. The fourth-order valence-corrected chi connectivity index (χ4v) is 1.24. The van der Waals surface area contributed by atoms with Crippen molar-refractivity contribution >= 4 is 5.91 Å². The molecule has 0 bridgehead atoms. The predicted octanol–water partition coefficient (Wildman–Crippen LogP) is 0.652. The van der Waals surface area contributed by atoms with Crippen molar-refractivity contribution in [2.24, 2.45) is 0 Å². The lowest BCUT2D eigenvalue weighted by Crippen LogP contribution is -2.32. The average Bonchev–Trinajstić information content (AvgIpc) is 2.09. The third kappa shape index (κ3) is 11.3. The Hall–Kier alpha value is -0.610. The molecule has 0 spiro atoms. The molecule has 0 radical (unpaired) electrons. The second-order valence-electron chi connectivity index (χ2n) is 4.21. The van der Waals surface area contributed by atoms with Crippen LogP contribution in [-0.2, 0) is 4.79 Å². The Bertz CT molecular complexity index is 170. The summed E-state index contributed by atoms with van der Waals surface area (Å²) in [7, 11) is 0. The molecule has 90 valence electrons. The minimum Gasteiger partial charge on any atom is -0.393 e. The predicted molar refractivity (Wildman–Crippen MR) is 61.7 cm³/mol. The molecule has 1 unspecified atom stereocenters. The minimum absolute atomic E-state index is 0.0908. The van der Waals surface area contributed by atoms with Crippen molar-refractivity contribution < 1.29 is 9.90 Å². The van der Waals surface area contributed by atoms with Gasteiger partial charge in [-0.3, -0.25) is 4.79 Å². The van der Waals surface area contributed by atoms with Crippen LogP contribution in [0, 0.1) is 0 Å². The number of nitrogens with one attached hydrogen (secondary N) is 2. The van der Waals surface area contributed by atoms with Crippen LogP contribution in [0.3, 0.4) is 0 Å². The Labute approximate surface area is 92.4 Å². The van der Waals surface area contributed by atoms with Gasteiger partial charge in [0.25, 0.3) is 0 Å². The Morgan fingerprint density at radius 1 is 1.27 bits per heavy atom. The van der Waals surface area contributed by atoms with Gasteiger partial charge >= 0.3 is 0 Å². The van der Waals surface area contributed by atoms with Crippen molar-refractivity contribution in [3.63, 3.8) is 0 Å². The van der Waals surface area contributed by atoms with Crippen LogP contribution >= 0.6 is 0 Å². The van der Waals surface area contributed by atoms with Gasteiger partial charge in [0.2, 0.25) is 5.91 Å². The molecular formula is C11H24N2O2. The summed E-state index contributed by atoms with van der Waals surface area (Å²) < 4.78 is 0. The summed E-state index contributed by atoms with van der Waals surface area (Å²) in [4.78, 5) is 11.2. The molecule has 15 heavy (non-hydrogen) atoms. The van der Waals surface area contributed by atoms with E-state index in [0.29, 0.717) is 13.0 Å². The van der Waals surface area contributed by atoms with Gasteiger partial charge in [-0.05, 0) is 40.2 Å². The monoisotopic (exact) mass is 216 g/mol. The van der Waals surface area contributed by atoms with E-state index in [0.717, 1.165) is 19.4 Å². The highest BCUT2D eigenvalue weighted by atomic mass is 16.3. The van der Waals surface area contributed by atoms with Crippen molar-refractivity contribution in [2.45, 2.75) is 52.2 Å². The summed E-state index contributed by atoms with van der Waals surface area (Å²) >= 11 is 0. The highest BCUT2D eigenvalue weighted by Gasteiger charge is 2.01. The SMILES string of the molecule is CC(O)CCCNCCC(=O)NC(C)C. The maximum atomic E-state index is 11.2. The third-order valence-corrected chi connectivity index (χ3v) is 1.95. The van der Waals surface area contributed by atoms with Crippen molar-refractivity contribution in [1.82, 2.24) is 10.6 Å². The van der Waals surface area contributed by atoms with Gasteiger partial charge in [0.05, 0.1) is 6.10 Å². The molecule has 0 aliphatic rings. The summed E-state index contributed by atoms with van der Waals surface area (Å²) in [6.45, 7) is 7.26. The number of aliphatic hydroxyl groups is 1. The van der Waals surface area contributed by atoms with E-state index in [2.05, 4.69) is 10.6 Å². The number of carbonyl (C=O) groups excluding carboxylic acids is 1. The number of hydrogen-bond acceptors (Lipinski definition) is 3. The molecule has 0 fully saturated rings. The van der Waals surface area contributed by atoms with E-state index in [4.69, 9.17) is 5.11 Å². The lowest BCUT2D eigenvalue weighted by molar-refractivity contribution is -0.121. The number of amides is 1. The quantitative estimate of drug-likeness (QED) is 0.522. The van der Waals surface area contributed by atoms with E-state index >= 15 is 0 Å². The van der Waals surface area contributed by atoms with Crippen LogP contribution in [0.1, 0.15) is 40.0 Å². The van der Waals surface area contributed by atoms with Crippen LogP contribution in [0.4, 0.5) is 0 Å². The van der Waals surface area contributed by atoms with E-state index < -0.39 is 0 Å². The Balaban J connectivity index is 3.20. The third-order valence-electron chi connectivity index (χ3n) is 1.95. The highest BCUT2D eigenvalue weighted by molar-refractivity contribution is 5.76. The maximum absolute atomic E-state index is 11.2. The molecule has 0 heterocycles. The fraction of sp³-hybridized carbons (Fsp3) is 0.909. The minimum atomic E-state index is -0.226. The number of rotatable bonds is 8. The molecule has 3 N–H and O–H groups in total. The molecule has 0 aromatic heterocycles. The van der Waals surface area contributed by atoms with Crippen molar-refractivity contribution in [2.75, 3.05) is 13.1 Å². The van der Waals surface area contributed by atoms with E-state index in [1.165, 1.54) is 0 Å². The molecule has 0 saturated heterocycles. The van der Waals surface area contributed by atoms with Gasteiger partial charge in [0.15, 0.2) is 0 Å². The second-order valence-corrected chi connectivity index (χ2v) is 4.21. The van der Waals surface area contributed by atoms with Gasteiger partial charge in [0, 0.05) is 19.0 Å². The Morgan fingerprint density at radius 2 is 1.93 bits per heavy atom. The fourth-order valence-electron chi connectivity index (χ4n) is 1.24. The first kappa shape index (κ1) is 14.4. The van der Waals surface area contributed by atoms with Gasteiger partial charge < -0.3 is 15.7 Å². The first-order chi connectivity index (χ1) is 7.02. The van der Waals surface area contributed by atoms with Crippen LogP contribution in [-0.4, -0.2) is 36.2 Å². The number of carbonyl (C=O) groups is 1. The van der Waals surface area contributed by atoms with Gasteiger partial charge in [-0.1, -0.05) is 0 Å². The molecule has 0 aromatic carbocycles. The summed E-state index contributed by atoms with van der Waals surface area (Å²) in [5.74, 6) is 0.0908. The van der Waals surface area contributed by atoms with Crippen LogP contribution in [0.25, 0.3) is 0 Å². The van der Waals surface area contributed by atoms with Crippen LogP contribution in [0.5, 0.6) is 0 Å². The summed E-state index contributed by atoms with van der Waals surface area (Å²) in [6.07, 6.45) is 2.05. The molecule has 4 nitrogen and oxygen atoms in total. The molecule has 0 aliphatic heterocycles. The largest absolute Gasteiger partial charge is 0.393 e. The van der Waals surface area contributed by atoms with Gasteiger partial charge in [0.1, 0.15) is 0 Å². The maximum Gasteiger partial charge on any atom is 0.221 e. The first-order valence-corrected chi connectivity index (χ1v) is 5.70. The van der Waals surface area contributed by atoms with Crippen LogP contribution in [0.2, 0.25) is 0 Å². The van der Waals surface area contributed by atoms with Gasteiger partial charge in [-0.15, -0.1) is 0 Å². The smallest absolute Gasteiger partial charge is 0.221 e. The zero-order chi connectivity index (χ0) is 11.7. The summed E-state index contributed by atoms with van der Waals surface area (Å²) in [5.41, 5.74) is 0. The van der Waals surface area contributed by atoms with E-state index in [9.17, 15) is 4.79 Å². The second kappa shape index (κ2) is 8.68. The molecule has 4 heteroatoms. The zero-order valence-corrected chi connectivity index (χ0v) is 10.0. The van der Waals surface area contributed by atoms with Crippen LogP contribution < -0.4 is 10.6 Å². The molecule has 0 rings (SSSR count). The molecular weight excluding hydrogens is 192 g/mol. The molecule has 0 aromatic rings. The Kier molecular flexibility index (Phi) is 8.33. The molecule has 0 aliphatic carbocycles. The van der Waals surface area contributed by atoms with Gasteiger partial charge in [-0.25, -0.2) is 0 Å². The summed E-state index contributed by atoms with van der Waals surface area (Å²) in [5, 5.41) is 15.0. The molecule has 0 saturated carbocycles. The molecule has 1 atom stereocenters. The standard InChI is InChI=1S/C11H24N2O2/c1-9(2)13-11(15)6-8-12-7-4-5-10(3)14/h9-10,12,14H,4-8H2,1-3H3,(H,13,15). The molecule has 1 amide bonds. The van der Waals surface area contributed by atoms with E-state index in [1.807, 2.05) is 13.8 Å². The average molecular weight is 216 g/mol. The summed E-state index contributed by atoms with van der Waals surface area (Å²) in [6, 6.07) is 0.215. The highest BCUT2D eigenvalue weighted by Crippen LogP contribution is 1.93. The van der Waals surface area contributed by atoms with Crippen molar-refractivity contribution in [3.05, 3.63) is 0 Å².